The minimum Gasteiger partial charge on any atom is -0.380 e. The first kappa shape index (κ1) is 10.1. The molecular formula is C13H15NO. The number of aromatic nitrogens is 1. The van der Waals surface area contributed by atoms with E-state index in [0.29, 0.717) is 6.61 Å². The maximum absolute atomic E-state index is 5.13. The van der Waals surface area contributed by atoms with Gasteiger partial charge < -0.3 is 4.74 Å². The summed E-state index contributed by atoms with van der Waals surface area (Å²) in [6.45, 7) is 4.79. The zero-order valence-corrected chi connectivity index (χ0v) is 9.37. The molecule has 0 amide bonds. The van der Waals surface area contributed by atoms with Gasteiger partial charge in [-0.1, -0.05) is 12.1 Å². The van der Waals surface area contributed by atoms with Gasteiger partial charge in [-0.05, 0) is 36.4 Å². The summed E-state index contributed by atoms with van der Waals surface area (Å²) in [5.74, 6) is 0. The van der Waals surface area contributed by atoms with Gasteiger partial charge in [0.25, 0.3) is 0 Å². The molecule has 2 nitrogen and oxygen atoms in total. The minimum absolute atomic E-state index is 0.663. The van der Waals surface area contributed by atoms with Crippen LogP contribution in [0.2, 0.25) is 0 Å². The van der Waals surface area contributed by atoms with Crippen LogP contribution in [-0.4, -0.2) is 12.1 Å². The standard InChI is InChI=1S/C13H15NO/c1-9-7-14-10(2)12-5-4-11(8-15-3)6-13(9)12/h4-7H,8H2,1-3H3. The van der Waals surface area contributed by atoms with Crippen molar-refractivity contribution in [1.29, 1.82) is 0 Å². The largest absolute Gasteiger partial charge is 0.380 e. The molecule has 1 aromatic carbocycles. The molecule has 0 saturated carbocycles. The van der Waals surface area contributed by atoms with Crippen molar-refractivity contribution in [2.75, 3.05) is 7.11 Å². The van der Waals surface area contributed by atoms with E-state index in [1.165, 1.54) is 21.9 Å². The first-order valence-electron chi connectivity index (χ1n) is 5.06. The van der Waals surface area contributed by atoms with E-state index >= 15 is 0 Å². The number of aryl methyl sites for hydroxylation is 2. The van der Waals surface area contributed by atoms with Crippen molar-refractivity contribution in [3.8, 4) is 0 Å². The number of nitrogens with zero attached hydrogens (tertiary/aromatic N) is 1. The van der Waals surface area contributed by atoms with Gasteiger partial charge in [-0.3, -0.25) is 4.98 Å². The topological polar surface area (TPSA) is 22.1 Å². The van der Waals surface area contributed by atoms with Crippen LogP contribution in [0, 0.1) is 13.8 Å². The van der Waals surface area contributed by atoms with Crippen molar-refractivity contribution < 1.29 is 4.74 Å². The van der Waals surface area contributed by atoms with Crippen LogP contribution in [-0.2, 0) is 11.3 Å². The molecule has 78 valence electrons. The number of hydrogen-bond donors (Lipinski definition) is 0. The van der Waals surface area contributed by atoms with Crippen LogP contribution in [0.15, 0.2) is 24.4 Å². The van der Waals surface area contributed by atoms with E-state index in [9.17, 15) is 0 Å². The van der Waals surface area contributed by atoms with Crippen molar-refractivity contribution >= 4 is 10.8 Å². The van der Waals surface area contributed by atoms with Gasteiger partial charge in [-0.2, -0.15) is 0 Å². The third-order valence-electron chi connectivity index (χ3n) is 2.66. The molecule has 0 bridgehead atoms. The van der Waals surface area contributed by atoms with Crippen molar-refractivity contribution in [3.05, 3.63) is 41.2 Å². The number of rotatable bonds is 2. The fourth-order valence-electron chi connectivity index (χ4n) is 1.82. The van der Waals surface area contributed by atoms with Crippen LogP contribution in [0.3, 0.4) is 0 Å². The van der Waals surface area contributed by atoms with Gasteiger partial charge >= 0.3 is 0 Å². The van der Waals surface area contributed by atoms with E-state index in [1.807, 2.05) is 13.1 Å². The summed E-state index contributed by atoms with van der Waals surface area (Å²) in [6.07, 6.45) is 1.92. The van der Waals surface area contributed by atoms with E-state index in [4.69, 9.17) is 4.74 Å². The first-order chi connectivity index (χ1) is 7.22. The van der Waals surface area contributed by atoms with Crippen molar-refractivity contribution in [3.63, 3.8) is 0 Å². The minimum atomic E-state index is 0.663. The number of ether oxygens (including phenoxy) is 1. The summed E-state index contributed by atoms with van der Waals surface area (Å²) < 4.78 is 5.13. The van der Waals surface area contributed by atoms with E-state index < -0.39 is 0 Å². The average molecular weight is 201 g/mol. The van der Waals surface area contributed by atoms with Crippen LogP contribution in [0.5, 0.6) is 0 Å². The van der Waals surface area contributed by atoms with Crippen LogP contribution in [0.1, 0.15) is 16.8 Å². The molecule has 0 aliphatic carbocycles. The van der Waals surface area contributed by atoms with Crippen molar-refractivity contribution in [2.24, 2.45) is 0 Å². The first-order valence-corrected chi connectivity index (χ1v) is 5.06. The quantitative estimate of drug-likeness (QED) is 0.745. The van der Waals surface area contributed by atoms with E-state index in [0.717, 1.165) is 5.69 Å². The van der Waals surface area contributed by atoms with Crippen LogP contribution in [0.4, 0.5) is 0 Å². The van der Waals surface area contributed by atoms with E-state index in [1.54, 1.807) is 7.11 Å². The van der Waals surface area contributed by atoms with Crippen LogP contribution >= 0.6 is 0 Å². The Labute approximate surface area is 89.9 Å². The van der Waals surface area contributed by atoms with Gasteiger partial charge in [0, 0.05) is 24.4 Å². The summed E-state index contributed by atoms with van der Waals surface area (Å²) in [5.41, 5.74) is 3.51. The summed E-state index contributed by atoms with van der Waals surface area (Å²) in [5, 5.41) is 2.51. The van der Waals surface area contributed by atoms with Crippen LogP contribution < -0.4 is 0 Å². The maximum Gasteiger partial charge on any atom is 0.0713 e. The molecule has 0 aliphatic rings. The Kier molecular flexibility index (Phi) is 2.69. The number of pyridine rings is 1. The highest BCUT2D eigenvalue weighted by atomic mass is 16.5. The highest BCUT2D eigenvalue weighted by molar-refractivity contribution is 5.87. The van der Waals surface area contributed by atoms with Gasteiger partial charge in [0.1, 0.15) is 0 Å². The second-order valence-electron chi connectivity index (χ2n) is 3.84. The molecule has 2 rings (SSSR count). The molecule has 2 heteroatoms. The number of hydrogen-bond acceptors (Lipinski definition) is 2. The molecule has 0 aliphatic heterocycles. The summed E-state index contributed by atoms with van der Waals surface area (Å²) in [6, 6.07) is 6.40. The normalized spacial score (nSPS) is 10.9. The number of fused-ring (bicyclic) bond motifs is 1. The Morgan fingerprint density at radius 1 is 1.20 bits per heavy atom. The zero-order valence-electron chi connectivity index (χ0n) is 9.37. The van der Waals surface area contributed by atoms with Crippen molar-refractivity contribution in [1.82, 2.24) is 4.98 Å². The summed E-state index contributed by atoms with van der Waals surface area (Å²) in [7, 11) is 1.72. The van der Waals surface area contributed by atoms with Gasteiger partial charge in [0.05, 0.1) is 6.61 Å². The van der Waals surface area contributed by atoms with Gasteiger partial charge in [-0.15, -0.1) is 0 Å². The predicted octanol–water partition coefficient (Wildman–Crippen LogP) is 3.00. The molecule has 0 saturated heterocycles. The molecule has 1 heterocycles. The third-order valence-corrected chi connectivity index (χ3v) is 2.66. The maximum atomic E-state index is 5.13. The summed E-state index contributed by atoms with van der Waals surface area (Å²) in [4.78, 5) is 4.35. The van der Waals surface area contributed by atoms with E-state index in [2.05, 4.69) is 30.1 Å². The SMILES string of the molecule is COCc1ccc2c(C)ncc(C)c2c1. The average Bonchev–Trinajstić information content (AvgIpc) is 2.24. The Morgan fingerprint density at radius 3 is 2.73 bits per heavy atom. The van der Waals surface area contributed by atoms with Gasteiger partial charge in [-0.25, -0.2) is 0 Å². The predicted molar refractivity (Wildman–Crippen MR) is 61.9 cm³/mol. The van der Waals surface area contributed by atoms with E-state index in [-0.39, 0.29) is 0 Å². The molecule has 15 heavy (non-hydrogen) atoms. The third kappa shape index (κ3) is 1.85. The molecule has 0 unspecified atom stereocenters. The molecule has 0 spiro atoms. The molecule has 1 aromatic heterocycles. The molecule has 0 N–H and O–H groups in total. The molecule has 0 radical (unpaired) electrons. The second-order valence-corrected chi connectivity index (χ2v) is 3.84. The lowest BCUT2D eigenvalue weighted by atomic mass is 10.0. The van der Waals surface area contributed by atoms with Gasteiger partial charge in [0.15, 0.2) is 0 Å². The van der Waals surface area contributed by atoms with Crippen molar-refractivity contribution in [2.45, 2.75) is 20.5 Å². The lowest BCUT2D eigenvalue weighted by molar-refractivity contribution is 0.185. The molecular weight excluding hydrogens is 186 g/mol. The number of methoxy groups -OCH3 is 1. The highest BCUT2D eigenvalue weighted by Crippen LogP contribution is 2.21. The molecule has 2 aromatic rings. The fraction of sp³-hybridized carbons (Fsp3) is 0.308. The number of benzene rings is 1. The smallest absolute Gasteiger partial charge is 0.0713 e. The second kappa shape index (κ2) is 3.99. The highest BCUT2D eigenvalue weighted by Gasteiger charge is 2.02. The molecule has 0 fully saturated rings. The Morgan fingerprint density at radius 2 is 2.00 bits per heavy atom. The lowest BCUT2D eigenvalue weighted by Crippen LogP contribution is -1.91. The Bertz CT molecular complexity index is 491. The lowest BCUT2D eigenvalue weighted by Gasteiger charge is -2.07. The fourth-order valence-corrected chi connectivity index (χ4v) is 1.82. The monoisotopic (exact) mass is 201 g/mol. The Hall–Kier alpha value is -1.41. The van der Waals surface area contributed by atoms with Gasteiger partial charge in [0.2, 0.25) is 0 Å². The molecule has 0 atom stereocenters. The zero-order chi connectivity index (χ0) is 10.8. The van der Waals surface area contributed by atoms with Crippen LogP contribution in [0.25, 0.3) is 10.8 Å². The summed E-state index contributed by atoms with van der Waals surface area (Å²) >= 11 is 0. The Balaban J connectivity index is 2.65.